The monoisotopic (exact) mass is 609 g/mol. The fourth-order valence-corrected chi connectivity index (χ4v) is 12.5. The van der Waals surface area contributed by atoms with Crippen LogP contribution < -0.4 is 0 Å². The summed E-state index contributed by atoms with van der Waals surface area (Å²) in [6, 6.07) is 0. The van der Waals surface area contributed by atoms with Crippen LogP contribution in [0.5, 0.6) is 0 Å². The molecule has 0 aromatic heterocycles. The summed E-state index contributed by atoms with van der Waals surface area (Å²) >= 11 is 0. The number of sulfone groups is 3. The minimum Gasteiger partial charge on any atom is -0.458 e. The number of hydrogen-bond donors (Lipinski definition) is 0. The number of hydrogen-bond acceptors (Lipinski definition) is 11. The first-order valence-electron chi connectivity index (χ1n) is 11.4. The van der Waals surface area contributed by atoms with Gasteiger partial charge in [-0.05, 0) is 57.8 Å². The van der Waals surface area contributed by atoms with Gasteiger partial charge in [-0.2, -0.15) is 13.2 Å². The van der Waals surface area contributed by atoms with Gasteiger partial charge in [0.15, 0.2) is 9.84 Å². The van der Waals surface area contributed by atoms with Crippen LogP contribution in [0.1, 0.15) is 52.4 Å². The third kappa shape index (κ3) is 6.20. The molecule has 4 rings (SSSR count). The van der Waals surface area contributed by atoms with Crippen molar-refractivity contribution in [3.05, 3.63) is 16.1 Å². The molecular formula is C21H28F3O11S3-. The summed E-state index contributed by atoms with van der Waals surface area (Å²) in [5, 5.41) is 0. The van der Waals surface area contributed by atoms with Gasteiger partial charge in [0.05, 0.1) is 29.2 Å². The first kappa shape index (κ1) is 30.8. The zero-order valence-corrected chi connectivity index (χ0v) is 23.2. The Kier molecular flexibility index (Phi) is 7.89. The zero-order chi connectivity index (χ0) is 29.1. The Morgan fingerprint density at radius 1 is 1.03 bits per heavy atom. The fraction of sp³-hybridized carbons (Fsp3) is 0.762. The van der Waals surface area contributed by atoms with Gasteiger partial charge in [0, 0.05) is 18.2 Å². The summed E-state index contributed by atoms with van der Waals surface area (Å²) in [4.78, 5) is 24.5. The average Bonchev–Trinajstić information content (AvgIpc) is 2.61. The summed E-state index contributed by atoms with van der Waals surface area (Å²) in [5.74, 6) is -4.24. The van der Waals surface area contributed by atoms with Gasteiger partial charge in [-0.25, -0.2) is 4.79 Å². The molecule has 0 aliphatic heterocycles. The van der Waals surface area contributed by atoms with Crippen molar-refractivity contribution < 1.29 is 62.2 Å². The van der Waals surface area contributed by atoms with Crippen molar-refractivity contribution >= 4 is 41.5 Å². The smallest absolute Gasteiger partial charge is 0.458 e. The first-order chi connectivity index (χ1) is 17.0. The summed E-state index contributed by atoms with van der Waals surface area (Å²) in [6.45, 7) is 6.44. The molecule has 11 nitrogen and oxygen atoms in total. The van der Waals surface area contributed by atoms with Gasteiger partial charge in [-0.1, -0.05) is 6.58 Å². The van der Waals surface area contributed by atoms with Crippen molar-refractivity contribution in [3.63, 3.8) is 0 Å². The van der Waals surface area contributed by atoms with Crippen LogP contribution >= 0.6 is 0 Å². The van der Waals surface area contributed by atoms with E-state index in [2.05, 4.69) is 6.58 Å². The number of esters is 2. The van der Waals surface area contributed by atoms with Gasteiger partial charge < -0.3 is 14.2 Å². The standard InChI is InChI=1S/C21H28F3O11S3/c1-12(2)17(26)33-13(3)34-19-6-14-5-15(7-19)9-20(8-14,11-19)35-16(25)10-37(29,30)18(36(4,27)28)38(31,32)21(22,23)24/h13-15H,1,5-11H2,2-4H3/q-1. The molecule has 0 aromatic carbocycles. The lowest BCUT2D eigenvalue weighted by molar-refractivity contribution is -0.273. The number of halogens is 3. The normalized spacial score (nSPS) is 30.2. The Labute approximate surface area is 218 Å². The van der Waals surface area contributed by atoms with E-state index in [0.717, 1.165) is 6.42 Å². The first-order valence-corrected chi connectivity index (χ1v) is 16.4. The number of carbonyl (C=O) groups is 2. The number of rotatable bonds is 10. The topological polar surface area (TPSA) is 164 Å². The molecular weight excluding hydrogens is 581 g/mol. The van der Waals surface area contributed by atoms with Gasteiger partial charge in [0.2, 0.25) is 6.29 Å². The summed E-state index contributed by atoms with van der Waals surface area (Å²) in [6.07, 6.45) is 1.47. The van der Waals surface area contributed by atoms with Crippen molar-refractivity contribution in [2.24, 2.45) is 11.8 Å². The molecule has 0 radical (unpaired) electrons. The van der Waals surface area contributed by atoms with Crippen molar-refractivity contribution in [2.45, 2.75) is 75.4 Å². The van der Waals surface area contributed by atoms with Crippen LogP contribution in [0.25, 0.3) is 0 Å². The average molecular weight is 610 g/mol. The Morgan fingerprint density at radius 2 is 1.53 bits per heavy atom. The molecule has 0 spiro atoms. The van der Waals surface area contributed by atoms with Gasteiger partial charge >= 0.3 is 17.4 Å². The van der Waals surface area contributed by atoms with Crippen LogP contribution in [0.15, 0.2) is 12.2 Å². The highest BCUT2D eigenvalue weighted by molar-refractivity contribution is 8.29. The third-order valence-electron chi connectivity index (χ3n) is 6.71. The van der Waals surface area contributed by atoms with E-state index in [1.807, 2.05) is 0 Å². The van der Waals surface area contributed by atoms with E-state index in [0.29, 0.717) is 25.7 Å². The van der Waals surface area contributed by atoms with E-state index in [4.69, 9.17) is 14.2 Å². The molecule has 17 heteroatoms. The third-order valence-corrected chi connectivity index (χ3v) is 14.1. The van der Waals surface area contributed by atoms with Crippen molar-refractivity contribution in [1.82, 2.24) is 0 Å². The van der Waals surface area contributed by atoms with Crippen LogP contribution in [-0.2, 0) is 53.3 Å². The Balaban J connectivity index is 1.81. The summed E-state index contributed by atoms with van der Waals surface area (Å²) in [5.41, 5.74) is -8.27. The largest absolute Gasteiger partial charge is 0.470 e. The Bertz CT molecular complexity index is 1320. The highest BCUT2D eigenvalue weighted by atomic mass is 32.3. The molecule has 4 saturated carbocycles. The second-order valence-electron chi connectivity index (χ2n) is 10.4. The predicted molar refractivity (Wildman–Crippen MR) is 125 cm³/mol. The molecule has 3 atom stereocenters. The molecule has 38 heavy (non-hydrogen) atoms. The molecule has 4 bridgehead atoms. The van der Waals surface area contributed by atoms with Crippen LogP contribution in [-0.4, -0.2) is 72.2 Å². The molecule has 3 unspecified atom stereocenters. The van der Waals surface area contributed by atoms with Crippen molar-refractivity contribution in [3.8, 4) is 0 Å². The van der Waals surface area contributed by atoms with Gasteiger partial charge in [-0.15, -0.1) is 0 Å². The number of alkyl halides is 3. The van der Waals surface area contributed by atoms with Crippen LogP contribution in [0.2, 0.25) is 0 Å². The van der Waals surface area contributed by atoms with Crippen LogP contribution in [0.3, 0.4) is 0 Å². The van der Waals surface area contributed by atoms with E-state index < -0.39 is 74.1 Å². The second-order valence-corrected chi connectivity index (χ2v) is 16.9. The molecule has 4 fully saturated rings. The van der Waals surface area contributed by atoms with Crippen molar-refractivity contribution in [2.75, 3.05) is 12.0 Å². The minimum absolute atomic E-state index is 0.0173. The number of carbonyl (C=O) groups excluding carboxylic acids is 2. The molecule has 218 valence electrons. The molecule has 0 aromatic rings. The van der Waals surface area contributed by atoms with Gasteiger partial charge in [0.1, 0.15) is 11.4 Å². The Hall–Kier alpha value is -1.72. The highest BCUT2D eigenvalue weighted by Crippen LogP contribution is 2.60. The highest BCUT2D eigenvalue weighted by Gasteiger charge is 2.61. The maximum absolute atomic E-state index is 13.0. The maximum atomic E-state index is 13.0. The number of ether oxygens (including phenoxy) is 3. The van der Waals surface area contributed by atoms with Crippen LogP contribution in [0.4, 0.5) is 13.2 Å². The van der Waals surface area contributed by atoms with Crippen molar-refractivity contribution in [1.29, 1.82) is 0 Å². The van der Waals surface area contributed by atoms with E-state index >= 15 is 0 Å². The lowest BCUT2D eigenvalue weighted by atomic mass is 9.52. The minimum atomic E-state index is -6.83. The molecule has 4 aliphatic rings. The maximum Gasteiger partial charge on any atom is 0.470 e. The van der Waals surface area contributed by atoms with E-state index in [-0.39, 0.29) is 30.1 Å². The zero-order valence-electron chi connectivity index (χ0n) is 20.7. The Morgan fingerprint density at radius 3 is 1.97 bits per heavy atom. The van der Waals surface area contributed by atoms with Gasteiger partial charge in [-0.3, -0.25) is 30.0 Å². The second kappa shape index (κ2) is 9.73. The lowest BCUT2D eigenvalue weighted by Crippen LogP contribution is -2.62. The summed E-state index contributed by atoms with van der Waals surface area (Å²) in [7, 11) is -18.1. The lowest BCUT2D eigenvalue weighted by Gasteiger charge is -2.60. The molecule has 0 saturated heterocycles. The summed E-state index contributed by atoms with van der Waals surface area (Å²) < 4.78 is 125. The van der Waals surface area contributed by atoms with Crippen LogP contribution in [0, 0.1) is 15.7 Å². The van der Waals surface area contributed by atoms with Gasteiger partial charge in [0.25, 0.3) is 0 Å². The molecule has 4 aliphatic carbocycles. The van der Waals surface area contributed by atoms with E-state index in [9.17, 15) is 48.0 Å². The van der Waals surface area contributed by atoms with E-state index in [1.54, 1.807) is 0 Å². The molecule has 0 N–H and O–H groups in total. The predicted octanol–water partition coefficient (Wildman–Crippen LogP) is 1.94. The molecule has 0 amide bonds. The SMILES string of the molecule is C=C(C)C(=O)OC(C)OC12CC3CC(CC(OC(=O)CS(=O)(=O)[C-](S(C)(=O)=O)S(=O)(=O)C(F)(F)F)(C3)C1)C2. The van der Waals surface area contributed by atoms with E-state index in [1.165, 1.54) is 13.8 Å². The molecule has 0 heterocycles. The fourth-order valence-electron chi connectivity index (χ4n) is 6.16. The quantitative estimate of drug-likeness (QED) is 0.154.